The Morgan fingerprint density at radius 1 is 0.867 bits per heavy atom. The van der Waals surface area contributed by atoms with Crippen LogP contribution in [0.3, 0.4) is 0 Å². The number of anilines is 2. The Bertz CT molecular complexity index is 1120. The first-order valence-electron chi connectivity index (χ1n) is 8.67. The standard InChI is InChI=1S/C21H15Cl2N3O4/c1-12-3-2-4-14(9-12)21(28)24-15-7-5-13(6-8-15)20(27)25-19-17(22)10-16(26(29)30)11-18(19)23/h2-11H,1H3,(H,24,28)(H,25,27). The summed E-state index contributed by atoms with van der Waals surface area (Å²) in [5.74, 6) is -0.774. The molecule has 0 saturated heterocycles. The number of carbonyl (C=O) groups is 2. The van der Waals surface area contributed by atoms with Crippen molar-refractivity contribution in [2.24, 2.45) is 0 Å². The summed E-state index contributed by atoms with van der Waals surface area (Å²) < 4.78 is 0. The fourth-order valence-electron chi connectivity index (χ4n) is 2.66. The highest BCUT2D eigenvalue weighted by Crippen LogP contribution is 2.35. The first kappa shape index (κ1) is 21.3. The maximum absolute atomic E-state index is 12.5. The van der Waals surface area contributed by atoms with E-state index in [4.69, 9.17) is 23.2 Å². The number of hydrogen-bond donors (Lipinski definition) is 2. The number of carbonyl (C=O) groups excluding carboxylic acids is 2. The molecule has 7 nitrogen and oxygen atoms in total. The second-order valence-electron chi connectivity index (χ2n) is 6.40. The van der Waals surface area contributed by atoms with Crippen LogP contribution in [0.1, 0.15) is 26.3 Å². The SMILES string of the molecule is Cc1cccc(C(=O)Nc2ccc(C(=O)Nc3c(Cl)cc([N+](=O)[O-])cc3Cl)cc2)c1. The van der Waals surface area contributed by atoms with Crippen LogP contribution in [-0.4, -0.2) is 16.7 Å². The molecule has 152 valence electrons. The summed E-state index contributed by atoms with van der Waals surface area (Å²) in [5.41, 5.74) is 2.10. The average Bonchev–Trinajstić information content (AvgIpc) is 2.70. The molecule has 0 fully saturated rings. The Labute approximate surface area is 181 Å². The minimum Gasteiger partial charge on any atom is -0.322 e. The lowest BCUT2D eigenvalue weighted by Gasteiger charge is -2.10. The number of nitro benzene ring substituents is 1. The van der Waals surface area contributed by atoms with Crippen LogP contribution in [0.25, 0.3) is 0 Å². The fraction of sp³-hybridized carbons (Fsp3) is 0.0476. The van der Waals surface area contributed by atoms with Gasteiger partial charge < -0.3 is 10.6 Å². The Morgan fingerprint density at radius 3 is 2.03 bits per heavy atom. The van der Waals surface area contributed by atoms with Crippen molar-refractivity contribution >= 4 is 52.1 Å². The summed E-state index contributed by atoms with van der Waals surface area (Å²) in [4.78, 5) is 35.0. The number of amides is 2. The van der Waals surface area contributed by atoms with E-state index in [2.05, 4.69) is 10.6 Å². The zero-order valence-corrected chi connectivity index (χ0v) is 17.1. The third-order valence-corrected chi connectivity index (χ3v) is 4.76. The number of nitrogens with one attached hydrogen (secondary N) is 2. The molecule has 0 spiro atoms. The van der Waals surface area contributed by atoms with Gasteiger partial charge in [0.25, 0.3) is 17.5 Å². The van der Waals surface area contributed by atoms with Crippen LogP contribution in [0, 0.1) is 17.0 Å². The fourth-order valence-corrected chi connectivity index (χ4v) is 3.23. The van der Waals surface area contributed by atoms with Crippen LogP contribution in [-0.2, 0) is 0 Å². The van der Waals surface area contributed by atoms with Crippen molar-refractivity contribution < 1.29 is 14.5 Å². The van der Waals surface area contributed by atoms with Crippen molar-refractivity contribution in [2.45, 2.75) is 6.92 Å². The van der Waals surface area contributed by atoms with Gasteiger partial charge in [0.2, 0.25) is 0 Å². The number of nitrogens with zero attached hydrogens (tertiary/aromatic N) is 1. The van der Waals surface area contributed by atoms with Crippen molar-refractivity contribution in [3.05, 3.63) is 97.5 Å². The lowest BCUT2D eigenvalue weighted by molar-refractivity contribution is -0.384. The summed E-state index contributed by atoms with van der Waals surface area (Å²) in [5, 5.41) is 16.0. The third-order valence-electron chi connectivity index (χ3n) is 4.16. The van der Waals surface area contributed by atoms with Gasteiger partial charge in [-0.05, 0) is 43.3 Å². The summed E-state index contributed by atoms with van der Waals surface area (Å²) >= 11 is 12.0. The molecule has 0 atom stereocenters. The number of non-ortho nitro benzene ring substituents is 1. The van der Waals surface area contributed by atoms with Crippen LogP contribution in [0.5, 0.6) is 0 Å². The molecule has 0 bridgehead atoms. The highest BCUT2D eigenvalue weighted by atomic mass is 35.5. The van der Waals surface area contributed by atoms with Crippen molar-refractivity contribution in [1.29, 1.82) is 0 Å². The van der Waals surface area contributed by atoms with E-state index in [1.807, 2.05) is 13.0 Å². The molecule has 0 aliphatic rings. The molecule has 3 aromatic rings. The molecule has 0 radical (unpaired) electrons. The topological polar surface area (TPSA) is 101 Å². The van der Waals surface area contributed by atoms with Gasteiger partial charge >= 0.3 is 0 Å². The number of aryl methyl sites for hydroxylation is 1. The van der Waals surface area contributed by atoms with E-state index in [1.54, 1.807) is 30.3 Å². The predicted octanol–water partition coefficient (Wildman–Crippen LogP) is 5.71. The summed E-state index contributed by atoms with van der Waals surface area (Å²) in [6.45, 7) is 1.90. The molecule has 2 amide bonds. The zero-order chi connectivity index (χ0) is 21.8. The second kappa shape index (κ2) is 8.94. The van der Waals surface area contributed by atoms with Gasteiger partial charge in [0.1, 0.15) is 0 Å². The molecule has 2 N–H and O–H groups in total. The molecule has 0 unspecified atom stereocenters. The van der Waals surface area contributed by atoms with Gasteiger partial charge in [0.05, 0.1) is 20.7 Å². The van der Waals surface area contributed by atoms with Gasteiger partial charge in [-0.15, -0.1) is 0 Å². The molecule has 0 aliphatic heterocycles. The lowest BCUT2D eigenvalue weighted by atomic mass is 10.1. The van der Waals surface area contributed by atoms with Gasteiger partial charge in [0.15, 0.2) is 0 Å². The van der Waals surface area contributed by atoms with Crippen molar-refractivity contribution in [2.75, 3.05) is 10.6 Å². The lowest BCUT2D eigenvalue weighted by Crippen LogP contribution is -2.14. The number of hydrogen-bond acceptors (Lipinski definition) is 4. The van der Waals surface area contributed by atoms with Gasteiger partial charge in [-0.25, -0.2) is 0 Å². The second-order valence-corrected chi connectivity index (χ2v) is 7.21. The van der Waals surface area contributed by atoms with Crippen LogP contribution < -0.4 is 10.6 Å². The van der Waals surface area contributed by atoms with Crippen molar-refractivity contribution in [3.8, 4) is 0 Å². The van der Waals surface area contributed by atoms with Crippen LogP contribution in [0.2, 0.25) is 10.0 Å². The molecule has 9 heteroatoms. The number of nitro groups is 1. The average molecular weight is 444 g/mol. The minimum atomic E-state index is -0.632. The van der Waals surface area contributed by atoms with Gasteiger partial charge in [0, 0.05) is 28.9 Å². The predicted molar refractivity (Wildman–Crippen MR) is 117 cm³/mol. The van der Waals surface area contributed by atoms with Crippen molar-refractivity contribution in [1.82, 2.24) is 0 Å². The Kier molecular flexibility index (Phi) is 6.34. The number of rotatable bonds is 5. The Balaban J connectivity index is 1.71. The van der Waals surface area contributed by atoms with Gasteiger partial charge in [-0.3, -0.25) is 19.7 Å². The van der Waals surface area contributed by atoms with E-state index in [-0.39, 0.29) is 32.9 Å². The summed E-state index contributed by atoms with van der Waals surface area (Å²) in [6.07, 6.45) is 0. The highest BCUT2D eigenvalue weighted by Gasteiger charge is 2.17. The Morgan fingerprint density at radius 2 is 1.47 bits per heavy atom. The molecule has 0 aliphatic carbocycles. The third kappa shape index (κ3) is 4.94. The summed E-state index contributed by atoms with van der Waals surface area (Å²) in [7, 11) is 0. The first-order valence-corrected chi connectivity index (χ1v) is 9.43. The maximum atomic E-state index is 12.5. The molecular formula is C21H15Cl2N3O4. The molecule has 30 heavy (non-hydrogen) atoms. The van der Waals surface area contributed by atoms with Gasteiger partial charge in [-0.2, -0.15) is 0 Å². The van der Waals surface area contributed by atoms with E-state index >= 15 is 0 Å². The number of benzene rings is 3. The highest BCUT2D eigenvalue weighted by molar-refractivity contribution is 6.40. The zero-order valence-electron chi connectivity index (χ0n) is 15.6. The van der Waals surface area contributed by atoms with Crippen molar-refractivity contribution in [3.63, 3.8) is 0 Å². The number of halogens is 2. The Hall–Kier alpha value is -3.42. The molecule has 3 aromatic carbocycles. The van der Waals surface area contributed by atoms with E-state index in [1.165, 1.54) is 12.1 Å². The smallest absolute Gasteiger partial charge is 0.272 e. The molecule has 0 aromatic heterocycles. The molecule has 0 heterocycles. The quantitative estimate of drug-likeness (QED) is 0.389. The normalized spacial score (nSPS) is 10.4. The van der Waals surface area contributed by atoms with Crippen LogP contribution in [0.15, 0.2) is 60.7 Å². The first-order chi connectivity index (χ1) is 14.2. The van der Waals surface area contributed by atoms with E-state index in [0.29, 0.717) is 11.3 Å². The van der Waals surface area contributed by atoms with Gasteiger partial charge in [-0.1, -0.05) is 40.9 Å². The van der Waals surface area contributed by atoms with E-state index in [0.717, 1.165) is 17.7 Å². The van der Waals surface area contributed by atoms with E-state index < -0.39 is 10.8 Å². The van der Waals surface area contributed by atoms with Crippen LogP contribution >= 0.6 is 23.2 Å². The monoisotopic (exact) mass is 443 g/mol. The maximum Gasteiger partial charge on any atom is 0.272 e. The van der Waals surface area contributed by atoms with Crippen LogP contribution in [0.4, 0.5) is 17.1 Å². The minimum absolute atomic E-state index is 0.0513. The largest absolute Gasteiger partial charge is 0.322 e. The van der Waals surface area contributed by atoms with E-state index in [9.17, 15) is 19.7 Å². The summed E-state index contributed by atoms with van der Waals surface area (Å²) in [6, 6.07) is 15.6. The molecule has 3 rings (SSSR count). The molecule has 0 saturated carbocycles. The molecular weight excluding hydrogens is 429 g/mol.